The number of rotatable bonds is 5. The molecule has 1 saturated heterocycles. The van der Waals surface area contributed by atoms with Gasteiger partial charge >= 0.3 is 0 Å². The van der Waals surface area contributed by atoms with Crippen LogP contribution in [0.4, 0.5) is 0 Å². The SMILES string of the molecule is O=C(c1cn[nH]n1)N1CCC(OCCc2ccccc2)CC1. The molecule has 0 bridgehead atoms. The lowest BCUT2D eigenvalue weighted by molar-refractivity contribution is 0.00988. The van der Waals surface area contributed by atoms with Gasteiger partial charge in [0.1, 0.15) is 0 Å². The fraction of sp³-hybridized carbons (Fsp3) is 0.438. The Labute approximate surface area is 129 Å². The van der Waals surface area contributed by atoms with Crippen molar-refractivity contribution in [1.29, 1.82) is 0 Å². The minimum absolute atomic E-state index is 0.0588. The maximum atomic E-state index is 12.1. The Hall–Kier alpha value is -2.21. The lowest BCUT2D eigenvalue weighted by Gasteiger charge is -2.31. The highest BCUT2D eigenvalue weighted by atomic mass is 16.5. The van der Waals surface area contributed by atoms with Crippen molar-refractivity contribution in [2.24, 2.45) is 0 Å². The van der Waals surface area contributed by atoms with E-state index in [1.807, 2.05) is 23.1 Å². The zero-order valence-corrected chi connectivity index (χ0v) is 12.4. The molecule has 0 unspecified atom stereocenters. The summed E-state index contributed by atoms with van der Waals surface area (Å²) in [5.41, 5.74) is 1.67. The quantitative estimate of drug-likeness (QED) is 0.912. The summed E-state index contributed by atoms with van der Waals surface area (Å²) in [6.45, 7) is 2.15. The maximum absolute atomic E-state index is 12.1. The Balaban J connectivity index is 1.39. The number of aromatic nitrogens is 3. The second kappa shape index (κ2) is 7.17. The number of carbonyl (C=O) groups is 1. The lowest BCUT2D eigenvalue weighted by atomic mass is 10.1. The van der Waals surface area contributed by atoms with Crippen molar-refractivity contribution in [3.63, 3.8) is 0 Å². The number of nitrogens with zero attached hydrogens (tertiary/aromatic N) is 3. The third-order valence-electron chi connectivity index (χ3n) is 3.95. The van der Waals surface area contributed by atoms with Gasteiger partial charge in [-0.25, -0.2) is 0 Å². The van der Waals surface area contributed by atoms with Crippen LogP contribution in [-0.2, 0) is 11.2 Å². The molecular formula is C16H20N4O2. The molecule has 1 amide bonds. The van der Waals surface area contributed by atoms with Gasteiger partial charge in [0.15, 0.2) is 5.69 Å². The first-order chi connectivity index (χ1) is 10.8. The molecule has 116 valence electrons. The van der Waals surface area contributed by atoms with Crippen LogP contribution in [0.3, 0.4) is 0 Å². The molecule has 1 aromatic carbocycles. The number of carbonyl (C=O) groups excluding carboxylic acids is 1. The fourth-order valence-corrected chi connectivity index (χ4v) is 2.68. The summed E-state index contributed by atoms with van der Waals surface area (Å²) >= 11 is 0. The normalized spacial score (nSPS) is 15.9. The molecular weight excluding hydrogens is 280 g/mol. The molecule has 0 radical (unpaired) electrons. The zero-order chi connectivity index (χ0) is 15.2. The zero-order valence-electron chi connectivity index (χ0n) is 12.4. The van der Waals surface area contributed by atoms with Crippen LogP contribution in [0.2, 0.25) is 0 Å². The largest absolute Gasteiger partial charge is 0.378 e. The number of ether oxygens (including phenoxy) is 1. The Morgan fingerprint density at radius 1 is 1.27 bits per heavy atom. The number of hydrogen-bond acceptors (Lipinski definition) is 4. The van der Waals surface area contributed by atoms with E-state index in [1.54, 1.807) is 0 Å². The molecule has 0 saturated carbocycles. The van der Waals surface area contributed by atoms with Gasteiger partial charge in [0.05, 0.1) is 18.9 Å². The molecule has 6 nitrogen and oxygen atoms in total. The Morgan fingerprint density at radius 3 is 2.73 bits per heavy atom. The first-order valence-electron chi connectivity index (χ1n) is 7.63. The van der Waals surface area contributed by atoms with E-state index in [4.69, 9.17) is 4.74 Å². The number of nitrogens with one attached hydrogen (secondary N) is 1. The molecule has 0 aliphatic carbocycles. The predicted octanol–water partition coefficient (Wildman–Crippen LogP) is 1.67. The van der Waals surface area contributed by atoms with Crippen LogP contribution in [0.15, 0.2) is 36.5 Å². The van der Waals surface area contributed by atoms with Crippen LogP contribution in [0.1, 0.15) is 28.9 Å². The van der Waals surface area contributed by atoms with Gasteiger partial charge in [-0.05, 0) is 24.8 Å². The third-order valence-corrected chi connectivity index (χ3v) is 3.95. The summed E-state index contributed by atoms with van der Waals surface area (Å²) in [5, 5.41) is 9.98. The van der Waals surface area contributed by atoms with E-state index in [0.29, 0.717) is 18.8 Å². The molecule has 1 aromatic heterocycles. The number of benzene rings is 1. The highest BCUT2D eigenvalue weighted by Crippen LogP contribution is 2.16. The van der Waals surface area contributed by atoms with Gasteiger partial charge in [0, 0.05) is 13.1 Å². The van der Waals surface area contributed by atoms with E-state index in [0.717, 1.165) is 25.9 Å². The number of aromatic amines is 1. The van der Waals surface area contributed by atoms with Crippen molar-refractivity contribution < 1.29 is 9.53 Å². The second-order valence-electron chi connectivity index (χ2n) is 5.45. The summed E-state index contributed by atoms with van der Waals surface area (Å²) in [6.07, 6.45) is 4.38. The minimum Gasteiger partial charge on any atom is -0.378 e. The third kappa shape index (κ3) is 3.71. The van der Waals surface area contributed by atoms with Gasteiger partial charge < -0.3 is 9.64 Å². The Bertz CT molecular complexity index is 577. The summed E-state index contributed by atoms with van der Waals surface area (Å²) in [5.74, 6) is -0.0588. The van der Waals surface area contributed by atoms with E-state index < -0.39 is 0 Å². The summed E-state index contributed by atoms with van der Waals surface area (Å²) in [7, 11) is 0. The molecule has 1 aliphatic rings. The predicted molar refractivity (Wildman–Crippen MR) is 81.4 cm³/mol. The highest BCUT2D eigenvalue weighted by Gasteiger charge is 2.25. The van der Waals surface area contributed by atoms with Crippen molar-refractivity contribution in [2.45, 2.75) is 25.4 Å². The van der Waals surface area contributed by atoms with Crippen molar-refractivity contribution in [3.05, 3.63) is 47.8 Å². The van der Waals surface area contributed by atoms with Crippen molar-refractivity contribution in [3.8, 4) is 0 Å². The molecule has 6 heteroatoms. The van der Waals surface area contributed by atoms with Crippen LogP contribution >= 0.6 is 0 Å². The molecule has 1 fully saturated rings. The topological polar surface area (TPSA) is 71.1 Å². The van der Waals surface area contributed by atoms with Gasteiger partial charge in [-0.15, -0.1) is 0 Å². The first kappa shape index (κ1) is 14.7. The Morgan fingerprint density at radius 2 is 2.05 bits per heavy atom. The van der Waals surface area contributed by atoms with Crippen LogP contribution in [0.25, 0.3) is 0 Å². The van der Waals surface area contributed by atoms with Crippen LogP contribution in [0, 0.1) is 0 Å². The van der Waals surface area contributed by atoms with Gasteiger partial charge in [-0.1, -0.05) is 30.3 Å². The Kier molecular flexibility index (Phi) is 4.80. The monoisotopic (exact) mass is 300 g/mol. The standard InChI is InChI=1S/C16H20N4O2/c21-16(15-12-17-19-18-15)20-9-6-14(7-10-20)22-11-8-13-4-2-1-3-5-13/h1-5,12,14H,6-11H2,(H,17,18,19). The summed E-state index contributed by atoms with van der Waals surface area (Å²) < 4.78 is 5.93. The van der Waals surface area contributed by atoms with Gasteiger partial charge in [-0.2, -0.15) is 15.4 Å². The van der Waals surface area contributed by atoms with Gasteiger partial charge in [0.2, 0.25) is 0 Å². The van der Waals surface area contributed by atoms with Crippen LogP contribution < -0.4 is 0 Å². The fourth-order valence-electron chi connectivity index (χ4n) is 2.68. The summed E-state index contributed by atoms with van der Waals surface area (Å²) in [4.78, 5) is 13.9. The molecule has 0 spiro atoms. The molecule has 3 rings (SSSR count). The highest BCUT2D eigenvalue weighted by molar-refractivity contribution is 5.91. The minimum atomic E-state index is -0.0588. The van der Waals surface area contributed by atoms with Crippen molar-refractivity contribution in [2.75, 3.05) is 19.7 Å². The smallest absolute Gasteiger partial charge is 0.276 e. The molecule has 22 heavy (non-hydrogen) atoms. The summed E-state index contributed by atoms with van der Waals surface area (Å²) in [6, 6.07) is 10.3. The average Bonchev–Trinajstić information content (AvgIpc) is 3.10. The van der Waals surface area contributed by atoms with E-state index in [1.165, 1.54) is 11.8 Å². The number of hydrogen-bond donors (Lipinski definition) is 1. The van der Waals surface area contributed by atoms with Gasteiger partial charge in [-0.3, -0.25) is 4.79 Å². The molecule has 1 N–H and O–H groups in total. The molecule has 2 aromatic rings. The van der Waals surface area contributed by atoms with Gasteiger partial charge in [0.25, 0.3) is 5.91 Å². The number of likely N-dealkylation sites (tertiary alicyclic amines) is 1. The van der Waals surface area contributed by atoms with E-state index in [9.17, 15) is 4.79 Å². The van der Waals surface area contributed by atoms with Crippen LogP contribution in [-0.4, -0.2) is 52.0 Å². The van der Waals surface area contributed by atoms with E-state index >= 15 is 0 Å². The van der Waals surface area contributed by atoms with E-state index in [-0.39, 0.29) is 12.0 Å². The lowest BCUT2D eigenvalue weighted by Crippen LogP contribution is -2.41. The number of piperidine rings is 1. The second-order valence-corrected chi connectivity index (χ2v) is 5.45. The van der Waals surface area contributed by atoms with Crippen molar-refractivity contribution >= 4 is 5.91 Å². The average molecular weight is 300 g/mol. The molecule has 2 heterocycles. The molecule has 0 atom stereocenters. The maximum Gasteiger partial charge on any atom is 0.276 e. The van der Waals surface area contributed by atoms with Crippen LogP contribution in [0.5, 0.6) is 0 Å². The number of amides is 1. The first-order valence-corrected chi connectivity index (χ1v) is 7.63. The molecule has 1 aliphatic heterocycles. The van der Waals surface area contributed by atoms with Crippen molar-refractivity contribution in [1.82, 2.24) is 20.3 Å². The van der Waals surface area contributed by atoms with E-state index in [2.05, 4.69) is 27.5 Å². The number of H-pyrrole nitrogens is 1.